The summed E-state index contributed by atoms with van der Waals surface area (Å²) in [5.41, 5.74) is 1.94. The molecule has 1 aromatic rings. The summed E-state index contributed by atoms with van der Waals surface area (Å²) in [6, 6.07) is 2.01. The molecule has 1 heterocycles. The van der Waals surface area contributed by atoms with Crippen LogP contribution in [0.25, 0.3) is 0 Å². The molecule has 6 atom stereocenters. The first-order valence-corrected chi connectivity index (χ1v) is 10.6. The molecule has 5 heteroatoms. The lowest BCUT2D eigenvalue weighted by Crippen LogP contribution is -2.65. The van der Waals surface area contributed by atoms with Gasteiger partial charge < -0.3 is 13.9 Å². The van der Waals surface area contributed by atoms with Gasteiger partial charge in [0.15, 0.2) is 0 Å². The average molecular weight is 403 g/mol. The molecule has 2 aliphatic rings. The van der Waals surface area contributed by atoms with Gasteiger partial charge in [-0.05, 0) is 55.6 Å². The number of carbonyl (C=O) groups is 2. The standard InChI is InChI=1S/C24H34O5/c1-15-8-7-9-20-23(5,12-10-19-11-13-27-14-19)16(2)21(28-17(3)25)22(24(15,20)6)29-18(4)26/h8,11,13-14,16,20-22H,7,9-10,12H2,1-6H3/t16-,20-,21-,22+,23-,24+/m1/s1. The molecular weight excluding hydrogens is 368 g/mol. The first kappa shape index (κ1) is 21.7. The Kier molecular flexibility index (Phi) is 5.98. The number of carbonyl (C=O) groups excluding carboxylic acids is 2. The number of furan rings is 1. The van der Waals surface area contributed by atoms with Gasteiger partial charge in [0.1, 0.15) is 12.2 Å². The summed E-state index contributed by atoms with van der Waals surface area (Å²) in [6.45, 7) is 11.6. The van der Waals surface area contributed by atoms with Crippen LogP contribution in [0.4, 0.5) is 0 Å². The molecule has 1 saturated carbocycles. The van der Waals surface area contributed by atoms with E-state index in [2.05, 4.69) is 33.8 Å². The quantitative estimate of drug-likeness (QED) is 0.507. The molecule has 0 aromatic carbocycles. The van der Waals surface area contributed by atoms with Crippen molar-refractivity contribution >= 4 is 11.9 Å². The Morgan fingerprint density at radius 3 is 2.48 bits per heavy atom. The van der Waals surface area contributed by atoms with E-state index in [0.717, 1.165) is 25.7 Å². The zero-order chi connectivity index (χ0) is 21.4. The number of rotatable bonds is 5. The second kappa shape index (κ2) is 8.00. The van der Waals surface area contributed by atoms with Crippen molar-refractivity contribution in [3.05, 3.63) is 35.8 Å². The number of hydrogen-bond donors (Lipinski definition) is 0. The van der Waals surface area contributed by atoms with Crippen molar-refractivity contribution in [1.82, 2.24) is 0 Å². The first-order chi connectivity index (χ1) is 13.6. The van der Waals surface area contributed by atoms with Gasteiger partial charge in [0.05, 0.1) is 12.5 Å². The molecule has 160 valence electrons. The molecule has 0 N–H and O–H groups in total. The molecule has 0 radical (unpaired) electrons. The van der Waals surface area contributed by atoms with Crippen LogP contribution >= 0.6 is 0 Å². The minimum Gasteiger partial charge on any atom is -0.472 e. The van der Waals surface area contributed by atoms with E-state index in [9.17, 15) is 9.59 Å². The molecule has 0 unspecified atom stereocenters. The van der Waals surface area contributed by atoms with Crippen LogP contribution in [0, 0.1) is 22.7 Å². The van der Waals surface area contributed by atoms with Crippen LogP contribution < -0.4 is 0 Å². The second-order valence-corrected chi connectivity index (χ2v) is 9.33. The molecule has 0 amide bonds. The third-order valence-corrected chi connectivity index (χ3v) is 7.83. The Bertz CT molecular complexity index is 779. The summed E-state index contributed by atoms with van der Waals surface area (Å²) in [5, 5.41) is 0. The van der Waals surface area contributed by atoms with Gasteiger partial charge in [-0.15, -0.1) is 0 Å². The van der Waals surface area contributed by atoms with Gasteiger partial charge >= 0.3 is 11.9 Å². The second-order valence-electron chi connectivity index (χ2n) is 9.33. The molecule has 0 bridgehead atoms. The lowest BCUT2D eigenvalue weighted by atomic mass is 9.45. The average Bonchev–Trinajstić information content (AvgIpc) is 3.16. The molecule has 5 nitrogen and oxygen atoms in total. The number of allylic oxidation sites excluding steroid dienone is 1. The Morgan fingerprint density at radius 2 is 1.90 bits per heavy atom. The Balaban J connectivity index is 2.06. The topological polar surface area (TPSA) is 65.7 Å². The van der Waals surface area contributed by atoms with E-state index in [1.807, 2.05) is 6.07 Å². The van der Waals surface area contributed by atoms with Gasteiger partial charge in [0.2, 0.25) is 0 Å². The van der Waals surface area contributed by atoms with Gasteiger partial charge in [0.25, 0.3) is 0 Å². The molecule has 1 fully saturated rings. The maximum absolute atomic E-state index is 12.0. The van der Waals surface area contributed by atoms with Crippen molar-refractivity contribution in [2.45, 2.75) is 79.4 Å². The van der Waals surface area contributed by atoms with Crippen LogP contribution in [0.15, 0.2) is 34.7 Å². The SMILES string of the molecule is CC(=O)O[C@@H]1[C@@H](C)[C@@](C)(CCc2ccoc2)[C@H]2CCC=C(C)[C@]2(C)[C@H]1OC(C)=O. The minimum atomic E-state index is -0.484. The van der Waals surface area contributed by atoms with E-state index < -0.39 is 12.2 Å². The first-order valence-electron chi connectivity index (χ1n) is 10.6. The smallest absolute Gasteiger partial charge is 0.303 e. The third-order valence-electron chi connectivity index (χ3n) is 7.83. The van der Waals surface area contributed by atoms with Crippen molar-refractivity contribution < 1.29 is 23.5 Å². The monoisotopic (exact) mass is 402 g/mol. The third kappa shape index (κ3) is 3.76. The number of fused-ring (bicyclic) bond motifs is 1. The lowest BCUT2D eigenvalue weighted by Gasteiger charge is -2.62. The number of aryl methyl sites for hydroxylation is 1. The summed E-state index contributed by atoms with van der Waals surface area (Å²) in [4.78, 5) is 24.0. The fraction of sp³-hybridized carbons (Fsp3) is 0.667. The van der Waals surface area contributed by atoms with Crippen molar-refractivity contribution in [1.29, 1.82) is 0 Å². The summed E-state index contributed by atoms with van der Waals surface area (Å²) < 4.78 is 17.0. The molecule has 2 aliphatic carbocycles. The maximum atomic E-state index is 12.0. The van der Waals surface area contributed by atoms with Gasteiger partial charge in [-0.25, -0.2) is 0 Å². The van der Waals surface area contributed by atoms with Crippen LogP contribution in [0.1, 0.15) is 66.4 Å². The van der Waals surface area contributed by atoms with Crippen LogP contribution in [-0.4, -0.2) is 24.1 Å². The predicted molar refractivity (Wildman–Crippen MR) is 110 cm³/mol. The van der Waals surface area contributed by atoms with E-state index in [1.54, 1.807) is 12.5 Å². The molecule has 29 heavy (non-hydrogen) atoms. The van der Waals surface area contributed by atoms with Crippen LogP contribution in [0.3, 0.4) is 0 Å². The number of hydrogen-bond acceptors (Lipinski definition) is 5. The zero-order valence-electron chi connectivity index (χ0n) is 18.5. The molecule has 0 aliphatic heterocycles. The van der Waals surface area contributed by atoms with Crippen molar-refractivity contribution in [3.63, 3.8) is 0 Å². The number of esters is 2. The maximum Gasteiger partial charge on any atom is 0.303 e. The molecule has 1 aromatic heterocycles. The van der Waals surface area contributed by atoms with E-state index >= 15 is 0 Å². The highest BCUT2D eigenvalue weighted by Gasteiger charge is 2.63. The fourth-order valence-corrected chi connectivity index (χ4v) is 5.97. The predicted octanol–water partition coefficient (Wildman–Crippen LogP) is 5.09. The zero-order valence-corrected chi connectivity index (χ0v) is 18.5. The summed E-state index contributed by atoms with van der Waals surface area (Å²) >= 11 is 0. The van der Waals surface area contributed by atoms with E-state index in [1.165, 1.54) is 25.0 Å². The van der Waals surface area contributed by atoms with Gasteiger partial charge in [0, 0.05) is 25.2 Å². The Labute approximate surface area is 173 Å². The summed E-state index contributed by atoms with van der Waals surface area (Å²) in [5.74, 6) is -0.305. The number of ether oxygens (including phenoxy) is 2. The highest BCUT2D eigenvalue weighted by Crippen LogP contribution is 2.63. The fourth-order valence-electron chi connectivity index (χ4n) is 5.97. The van der Waals surface area contributed by atoms with Crippen molar-refractivity contribution in [3.8, 4) is 0 Å². The normalized spacial score (nSPS) is 36.7. The molecule has 0 spiro atoms. The van der Waals surface area contributed by atoms with E-state index in [0.29, 0.717) is 5.92 Å². The van der Waals surface area contributed by atoms with E-state index in [4.69, 9.17) is 13.9 Å². The lowest BCUT2D eigenvalue weighted by molar-refractivity contribution is -0.222. The minimum absolute atomic E-state index is 0.0478. The van der Waals surface area contributed by atoms with E-state index in [-0.39, 0.29) is 28.7 Å². The molecule has 3 rings (SSSR count). The van der Waals surface area contributed by atoms with Crippen LogP contribution in [-0.2, 0) is 25.5 Å². The van der Waals surface area contributed by atoms with Crippen molar-refractivity contribution in [2.24, 2.45) is 22.7 Å². The highest BCUT2D eigenvalue weighted by molar-refractivity contribution is 5.67. The Morgan fingerprint density at radius 1 is 1.21 bits per heavy atom. The van der Waals surface area contributed by atoms with Gasteiger partial charge in [-0.1, -0.05) is 32.4 Å². The van der Waals surface area contributed by atoms with Gasteiger partial charge in [-0.2, -0.15) is 0 Å². The van der Waals surface area contributed by atoms with Gasteiger partial charge in [-0.3, -0.25) is 9.59 Å². The summed E-state index contributed by atoms with van der Waals surface area (Å²) in [7, 11) is 0. The summed E-state index contributed by atoms with van der Waals surface area (Å²) in [6.07, 6.45) is 8.70. The van der Waals surface area contributed by atoms with Crippen molar-refractivity contribution in [2.75, 3.05) is 0 Å². The molecule has 0 saturated heterocycles. The highest BCUT2D eigenvalue weighted by atomic mass is 16.6. The van der Waals surface area contributed by atoms with Crippen LogP contribution in [0.2, 0.25) is 0 Å². The Hall–Kier alpha value is -2.04. The largest absolute Gasteiger partial charge is 0.472 e. The molecular formula is C24H34O5. The van der Waals surface area contributed by atoms with Crippen LogP contribution in [0.5, 0.6) is 0 Å².